The molecule has 9 aromatic rings. The van der Waals surface area contributed by atoms with Gasteiger partial charge in [-0.25, -0.2) is 4.99 Å². The molecule has 0 fully saturated rings. The number of para-hydroxylation sites is 1. The van der Waals surface area contributed by atoms with Crippen LogP contribution in [-0.4, -0.2) is 16.2 Å². The molecule has 0 aliphatic carbocycles. The summed E-state index contributed by atoms with van der Waals surface area (Å²) in [6.45, 7) is 2.08. The molecule has 7 aromatic carbocycles. The molecule has 9 rings (SSSR count). The van der Waals surface area contributed by atoms with Crippen LogP contribution < -0.4 is 5.73 Å². The van der Waals surface area contributed by atoms with Crippen molar-refractivity contribution in [2.45, 2.75) is 13.0 Å². The zero-order valence-corrected chi connectivity index (χ0v) is 26.9. The summed E-state index contributed by atoms with van der Waals surface area (Å²) in [6, 6.07) is 54.2. The van der Waals surface area contributed by atoms with Gasteiger partial charge >= 0.3 is 0 Å². The van der Waals surface area contributed by atoms with E-state index in [1.165, 1.54) is 27.1 Å². The van der Waals surface area contributed by atoms with Crippen LogP contribution in [0.5, 0.6) is 0 Å². The molecule has 234 valence electrons. The number of furan rings is 1. The molecular formula is C44H32N4O. The summed E-state index contributed by atoms with van der Waals surface area (Å²) in [4.78, 5) is 10.0. The summed E-state index contributed by atoms with van der Waals surface area (Å²) < 4.78 is 8.91. The molecule has 2 aromatic heterocycles. The maximum atomic E-state index is 6.87. The van der Waals surface area contributed by atoms with Crippen LogP contribution in [0.4, 0.5) is 0 Å². The van der Waals surface area contributed by atoms with Gasteiger partial charge in [0.25, 0.3) is 0 Å². The van der Waals surface area contributed by atoms with Gasteiger partial charge in [0.05, 0.1) is 17.1 Å². The minimum atomic E-state index is -0.102. The fourth-order valence-electron chi connectivity index (χ4n) is 7.08. The van der Waals surface area contributed by atoms with Crippen molar-refractivity contribution >= 4 is 66.2 Å². The van der Waals surface area contributed by atoms with Crippen LogP contribution in [-0.2, 0) is 0 Å². The van der Waals surface area contributed by atoms with E-state index in [2.05, 4.69) is 102 Å². The number of nitrogens with two attached hydrogens (primary N) is 1. The number of fused-ring (bicyclic) bond motifs is 8. The predicted molar refractivity (Wildman–Crippen MR) is 204 cm³/mol. The maximum Gasteiger partial charge on any atom is 0.157 e. The van der Waals surface area contributed by atoms with Gasteiger partial charge in [0.1, 0.15) is 17.0 Å². The maximum absolute atomic E-state index is 6.87. The Kier molecular flexibility index (Phi) is 6.83. The van der Waals surface area contributed by atoms with Crippen LogP contribution in [0.15, 0.2) is 172 Å². The highest BCUT2D eigenvalue weighted by Crippen LogP contribution is 2.39. The molecule has 0 aliphatic rings. The predicted octanol–water partition coefficient (Wildman–Crippen LogP) is 10.7. The number of nitrogens with zero attached hydrogens (tertiary/aromatic N) is 3. The first-order valence-corrected chi connectivity index (χ1v) is 16.5. The van der Waals surface area contributed by atoms with E-state index in [-0.39, 0.29) is 6.04 Å². The first-order chi connectivity index (χ1) is 24.1. The highest BCUT2D eigenvalue weighted by Gasteiger charge is 2.19. The number of aromatic nitrogens is 1. The lowest BCUT2D eigenvalue weighted by Gasteiger charge is -2.11. The third-order valence-electron chi connectivity index (χ3n) is 9.43. The van der Waals surface area contributed by atoms with Gasteiger partial charge in [-0.2, -0.15) is 0 Å². The average Bonchev–Trinajstić information content (AvgIpc) is 3.71. The molecule has 0 radical (unpaired) electrons. The van der Waals surface area contributed by atoms with E-state index in [1.807, 2.05) is 66.7 Å². The number of hydrogen-bond donors (Lipinski definition) is 1. The Balaban J connectivity index is 1.21. The zero-order valence-electron chi connectivity index (χ0n) is 26.9. The van der Waals surface area contributed by atoms with Crippen molar-refractivity contribution in [3.05, 3.63) is 174 Å². The third kappa shape index (κ3) is 4.86. The lowest BCUT2D eigenvalue weighted by molar-refractivity contribution is 0.668. The molecule has 5 nitrogen and oxygen atoms in total. The van der Waals surface area contributed by atoms with Crippen molar-refractivity contribution < 1.29 is 4.42 Å². The third-order valence-corrected chi connectivity index (χ3v) is 9.43. The standard InChI is InChI=1S/C44H32N4O/c1-28(29-13-4-2-5-14-29)46-44(31-16-6-3-7-17-31)47-43(45)37-20-12-22-39-41(37)36-26-24-32(27-40(36)49-39)48-38-21-11-10-19-34(38)35-25-23-30-15-8-9-18-33(30)42(35)48/h2-28H,1H3,(H2,45,46,47). The number of aliphatic imine (C=N–C) groups is 2. The van der Waals surface area contributed by atoms with Crippen molar-refractivity contribution in [2.24, 2.45) is 15.7 Å². The zero-order chi connectivity index (χ0) is 32.9. The van der Waals surface area contributed by atoms with Gasteiger partial charge in [0.2, 0.25) is 0 Å². The summed E-state index contributed by atoms with van der Waals surface area (Å²) in [5.41, 5.74) is 14.6. The Morgan fingerprint density at radius 2 is 1.35 bits per heavy atom. The number of amidine groups is 2. The van der Waals surface area contributed by atoms with Crippen LogP contribution in [0.3, 0.4) is 0 Å². The van der Waals surface area contributed by atoms with Gasteiger partial charge in [-0.3, -0.25) is 4.99 Å². The van der Waals surface area contributed by atoms with E-state index in [0.717, 1.165) is 49.8 Å². The topological polar surface area (TPSA) is 68.8 Å². The van der Waals surface area contributed by atoms with Gasteiger partial charge in [-0.15, -0.1) is 0 Å². The molecule has 0 saturated carbocycles. The molecule has 49 heavy (non-hydrogen) atoms. The van der Waals surface area contributed by atoms with Crippen LogP contribution in [0.25, 0.3) is 60.2 Å². The monoisotopic (exact) mass is 632 g/mol. The van der Waals surface area contributed by atoms with Crippen molar-refractivity contribution in [3.63, 3.8) is 0 Å². The van der Waals surface area contributed by atoms with E-state index in [1.54, 1.807) is 0 Å². The summed E-state index contributed by atoms with van der Waals surface area (Å²) >= 11 is 0. The highest BCUT2D eigenvalue weighted by molar-refractivity contribution is 6.21. The molecule has 0 saturated heterocycles. The Hall–Kier alpha value is -6.46. The second kappa shape index (κ2) is 11.7. The fraction of sp³-hybridized carbons (Fsp3) is 0.0455. The smallest absolute Gasteiger partial charge is 0.157 e. The van der Waals surface area contributed by atoms with E-state index in [9.17, 15) is 0 Å². The van der Waals surface area contributed by atoms with E-state index >= 15 is 0 Å². The first kappa shape index (κ1) is 28.7. The molecule has 1 atom stereocenters. The van der Waals surface area contributed by atoms with Crippen molar-refractivity contribution in [1.82, 2.24) is 4.57 Å². The van der Waals surface area contributed by atoms with Crippen molar-refractivity contribution in [3.8, 4) is 5.69 Å². The Morgan fingerprint density at radius 1 is 0.633 bits per heavy atom. The fourth-order valence-corrected chi connectivity index (χ4v) is 7.08. The van der Waals surface area contributed by atoms with Gasteiger partial charge in [0.15, 0.2) is 5.84 Å². The number of hydrogen-bond acceptors (Lipinski definition) is 2. The van der Waals surface area contributed by atoms with Gasteiger partial charge in [-0.1, -0.05) is 127 Å². The molecule has 2 heterocycles. The summed E-state index contributed by atoms with van der Waals surface area (Å²) in [5.74, 6) is 0.967. The molecule has 5 heteroatoms. The summed E-state index contributed by atoms with van der Waals surface area (Å²) in [6.07, 6.45) is 0. The number of rotatable bonds is 5. The minimum Gasteiger partial charge on any atom is -0.456 e. The molecule has 0 amide bonds. The first-order valence-electron chi connectivity index (χ1n) is 16.5. The molecule has 0 spiro atoms. The quantitative estimate of drug-likeness (QED) is 0.151. The largest absolute Gasteiger partial charge is 0.456 e. The molecular weight excluding hydrogens is 601 g/mol. The highest BCUT2D eigenvalue weighted by atomic mass is 16.3. The molecule has 2 N–H and O–H groups in total. The van der Waals surface area contributed by atoms with Crippen LogP contribution in [0.2, 0.25) is 0 Å². The Labute approximate surface area is 283 Å². The van der Waals surface area contributed by atoms with E-state index in [0.29, 0.717) is 11.7 Å². The van der Waals surface area contributed by atoms with Crippen LogP contribution in [0.1, 0.15) is 29.7 Å². The average molecular weight is 633 g/mol. The Bertz CT molecular complexity index is 2740. The van der Waals surface area contributed by atoms with E-state index in [4.69, 9.17) is 20.1 Å². The van der Waals surface area contributed by atoms with Gasteiger partial charge < -0.3 is 14.7 Å². The molecule has 0 bridgehead atoms. The second-order valence-corrected chi connectivity index (χ2v) is 12.4. The molecule has 0 aliphatic heterocycles. The summed E-state index contributed by atoms with van der Waals surface area (Å²) in [5, 5.41) is 6.78. The SMILES string of the molecule is CC(/N=C(\N=C(/N)c1cccc2oc3cc(-n4c5ccccc5c5ccc6ccccc6c54)ccc3c12)c1ccccc1)c1ccccc1. The van der Waals surface area contributed by atoms with Crippen molar-refractivity contribution in [2.75, 3.05) is 0 Å². The number of benzene rings is 7. The normalized spacial score (nSPS) is 13.2. The van der Waals surface area contributed by atoms with Crippen molar-refractivity contribution in [1.29, 1.82) is 0 Å². The van der Waals surface area contributed by atoms with Gasteiger partial charge in [0, 0.05) is 49.8 Å². The molecule has 1 unspecified atom stereocenters. The summed E-state index contributed by atoms with van der Waals surface area (Å²) in [7, 11) is 0. The lowest BCUT2D eigenvalue weighted by Crippen LogP contribution is -2.17. The van der Waals surface area contributed by atoms with E-state index < -0.39 is 0 Å². The van der Waals surface area contributed by atoms with Gasteiger partial charge in [-0.05, 0) is 42.1 Å². The second-order valence-electron chi connectivity index (χ2n) is 12.4. The lowest BCUT2D eigenvalue weighted by atomic mass is 10.0. The van der Waals surface area contributed by atoms with Crippen LogP contribution in [0, 0.1) is 0 Å². The minimum absolute atomic E-state index is 0.102. The van der Waals surface area contributed by atoms with Crippen LogP contribution >= 0.6 is 0 Å². The Morgan fingerprint density at radius 3 is 2.18 bits per heavy atom.